The first-order chi connectivity index (χ1) is 7.59. The summed E-state index contributed by atoms with van der Waals surface area (Å²) in [5, 5.41) is 0. The van der Waals surface area contributed by atoms with Crippen LogP contribution in [0.1, 0.15) is 24.2 Å². The molecule has 0 unspecified atom stereocenters. The van der Waals surface area contributed by atoms with Gasteiger partial charge in [-0.2, -0.15) is 0 Å². The third-order valence-electron chi connectivity index (χ3n) is 2.56. The second kappa shape index (κ2) is 4.06. The summed E-state index contributed by atoms with van der Waals surface area (Å²) < 4.78 is 15.0. The monoisotopic (exact) mass is 219 g/mol. The minimum absolute atomic E-state index is 0.134. The van der Waals surface area contributed by atoms with E-state index in [9.17, 15) is 4.39 Å². The van der Waals surface area contributed by atoms with Gasteiger partial charge in [-0.1, -0.05) is 6.07 Å². The molecule has 1 aromatic heterocycles. The summed E-state index contributed by atoms with van der Waals surface area (Å²) in [6.45, 7) is 3.81. The molecule has 1 aromatic carbocycles. The Morgan fingerprint density at radius 2 is 2.19 bits per heavy atom. The number of imidazole rings is 1. The number of nitrogens with zero attached hydrogens (tertiary/aromatic N) is 2. The van der Waals surface area contributed by atoms with Gasteiger partial charge in [0, 0.05) is 6.04 Å². The highest BCUT2D eigenvalue weighted by Crippen LogP contribution is 2.20. The molecule has 0 amide bonds. The van der Waals surface area contributed by atoms with Crippen molar-refractivity contribution >= 4 is 0 Å². The number of aromatic nitrogens is 2. The zero-order valence-corrected chi connectivity index (χ0v) is 9.31. The third-order valence-corrected chi connectivity index (χ3v) is 2.56. The first-order valence-corrected chi connectivity index (χ1v) is 5.14. The van der Waals surface area contributed by atoms with Gasteiger partial charge >= 0.3 is 0 Å². The SMILES string of the molecule is Cc1ccc(F)cc1-n1cncc1[C@H](C)N. The number of aryl methyl sites for hydroxylation is 1. The van der Waals surface area contributed by atoms with Crippen LogP contribution >= 0.6 is 0 Å². The Bertz CT molecular complexity index is 503. The van der Waals surface area contributed by atoms with E-state index in [0.29, 0.717) is 0 Å². The van der Waals surface area contributed by atoms with E-state index in [1.807, 2.05) is 18.4 Å². The van der Waals surface area contributed by atoms with Gasteiger partial charge in [0.15, 0.2) is 0 Å². The fraction of sp³-hybridized carbons (Fsp3) is 0.250. The summed E-state index contributed by atoms with van der Waals surface area (Å²) in [6, 6.07) is 4.55. The van der Waals surface area contributed by atoms with Crippen LogP contribution in [0.2, 0.25) is 0 Å². The van der Waals surface area contributed by atoms with Crippen LogP contribution in [0.5, 0.6) is 0 Å². The lowest BCUT2D eigenvalue weighted by Crippen LogP contribution is -2.11. The molecule has 0 saturated carbocycles. The zero-order chi connectivity index (χ0) is 11.7. The molecule has 2 aromatic rings. The number of hydrogen-bond donors (Lipinski definition) is 1. The molecule has 0 bridgehead atoms. The van der Waals surface area contributed by atoms with Crippen molar-refractivity contribution in [2.24, 2.45) is 5.73 Å². The highest BCUT2D eigenvalue weighted by molar-refractivity contribution is 5.42. The molecule has 0 saturated heterocycles. The molecule has 0 aliphatic heterocycles. The van der Waals surface area contributed by atoms with Crippen LogP contribution in [-0.4, -0.2) is 9.55 Å². The molecule has 1 heterocycles. The second-order valence-corrected chi connectivity index (χ2v) is 3.91. The van der Waals surface area contributed by atoms with Gasteiger partial charge in [-0.25, -0.2) is 9.37 Å². The highest BCUT2D eigenvalue weighted by atomic mass is 19.1. The predicted molar refractivity (Wildman–Crippen MR) is 60.9 cm³/mol. The van der Waals surface area contributed by atoms with Crippen LogP contribution < -0.4 is 5.73 Å². The summed E-state index contributed by atoms with van der Waals surface area (Å²) in [7, 11) is 0. The summed E-state index contributed by atoms with van der Waals surface area (Å²) in [5.74, 6) is -0.259. The quantitative estimate of drug-likeness (QED) is 0.842. The minimum Gasteiger partial charge on any atom is -0.323 e. The van der Waals surface area contributed by atoms with Gasteiger partial charge in [0.1, 0.15) is 5.82 Å². The van der Waals surface area contributed by atoms with Crippen molar-refractivity contribution in [3.8, 4) is 5.69 Å². The van der Waals surface area contributed by atoms with Crippen molar-refractivity contribution in [1.82, 2.24) is 9.55 Å². The van der Waals surface area contributed by atoms with E-state index in [1.165, 1.54) is 12.1 Å². The van der Waals surface area contributed by atoms with Gasteiger partial charge in [-0.15, -0.1) is 0 Å². The van der Waals surface area contributed by atoms with Gasteiger partial charge in [-0.05, 0) is 31.5 Å². The Morgan fingerprint density at radius 3 is 2.88 bits per heavy atom. The maximum atomic E-state index is 13.2. The number of hydrogen-bond acceptors (Lipinski definition) is 2. The molecule has 2 N–H and O–H groups in total. The van der Waals surface area contributed by atoms with Crippen molar-refractivity contribution in [2.45, 2.75) is 19.9 Å². The normalized spacial score (nSPS) is 12.8. The molecule has 3 nitrogen and oxygen atoms in total. The minimum atomic E-state index is -0.259. The van der Waals surface area contributed by atoms with E-state index in [-0.39, 0.29) is 11.9 Å². The average Bonchev–Trinajstić information content (AvgIpc) is 2.70. The lowest BCUT2D eigenvalue weighted by Gasteiger charge is -2.13. The zero-order valence-electron chi connectivity index (χ0n) is 9.31. The maximum absolute atomic E-state index is 13.2. The molecule has 16 heavy (non-hydrogen) atoms. The molecule has 0 spiro atoms. The van der Waals surface area contributed by atoms with Crippen LogP contribution in [0.3, 0.4) is 0 Å². The standard InChI is InChI=1S/C12H14FN3/c1-8-3-4-10(13)5-11(8)16-7-15-6-12(16)9(2)14/h3-7,9H,14H2,1-2H3/t9-/m0/s1. The molecule has 2 rings (SSSR count). The van der Waals surface area contributed by atoms with Crippen LogP contribution in [-0.2, 0) is 0 Å². The maximum Gasteiger partial charge on any atom is 0.125 e. The third kappa shape index (κ3) is 1.84. The Hall–Kier alpha value is -1.68. The first-order valence-electron chi connectivity index (χ1n) is 5.14. The van der Waals surface area contributed by atoms with Gasteiger partial charge in [0.05, 0.1) is 23.9 Å². The van der Waals surface area contributed by atoms with Gasteiger partial charge < -0.3 is 10.3 Å². The predicted octanol–water partition coefficient (Wildman–Crippen LogP) is 2.34. The first kappa shape index (κ1) is 10.8. The lowest BCUT2D eigenvalue weighted by molar-refractivity contribution is 0.625. The Kier molecular flexibility index (Phi) is 2.75. The summed E-state index contributed by atoms with van der Waals surface area (Å²) in [5.41, 5.74) is 8.47. The molecule has 1 atom stereocenters. The summed E-state index contributed by atoms with van der Waals surface area (Å²) in [6.07, 6.45) is 3.36. The molecular formula is C12H14FN3. The molecule has 84 valence electrons. The Morgan fingerprint density at radius 1 is 1.44 bits per heavy atom. The van der Waals surface area contributed by atoms with Crippen LogP contribution in [0.15, 0.2) is 30.7 Å². The average molecular weight is 219 g/mol. The molecule has 0 radical (unpaired) electrons. The number of rotatable bonds is 2. The van der Waals surface area contributed by atoms with Crippen molar-refractivity contribution in [3.63, 3.8) is 0 Å². The van der Waals surface area contributed by atoms with E-state index < -0.39 is 0 Å². The van der Waals surface area contributed by atoms with Gasteiger partial charge in [0.2, 0.25) is 0 Å². The van der Waals surface area contributed by atoms with E-state index in [2.05, 4.69) is 4.98 Å². The van der Waals surface area contributed by atoms with Crippen LogP contribution in [0, 0.1) is 12.7 Å². The Labute approximate surface area is 93.7 Å². The summed E-state index contributed by atoms with van der Waals surface area (Å²) >= 11 is 0. The molecule has 0 aliphatic rings. The van der Waals surface area contributed by atoms with Gasteiger partial charge in [-0.3, -0.25) is 0 Å². The van der Waals surface area contributed by atoms with E-state index in [0.717, 1.165) is 16.9 Å². The van der Waals surface area contributed by atoms with Crippen LogP contribution in [0.4, 0.5) is 4.39 Å². The number of benzene rings is 1. The van der Waals surface area contributed by atoms with E-state index in [4.69, 9.17) is 5.73 Å². The summed E-state index contributed by atoms with van der Waals surface area (Å²) in [4.78, 5) is 4.05. The van der Waals surface area contributed by atoms with Crippen molar-refractivity contribution < 1.29 is 4.39 Å². The largest absolute Gasteiger partial charge is 0.323 e. The highest BCUT2D eigenvalue weighted by Gasteiger charge is 2.10. The van der Waals surface area contributed by atoms with Crippen molar-refractivity contribution in [3.05, 3.63) is 47.8 Å². The van der Waals surface area contributed by atoms with E-state index in [1.54, 1.807) is 18.6 Å². The van der Waals surface area contributed by atoms with Crippen LogP contribution in [0.25, 0.3) is 5.69 Å². The lowest BCUT2D eigenvalue weighted by atomic mass is 10.1. The topological polar surface area (TPSA) is 43.8 Å². The fourth-order valence-corrected chi connectivity index (χ4v) is 1.69. The van der Waals surface area contributed by atoms with Crippen molar-refractivity contribution in [2.75, 3.05) is 0 Å². The molecule has 0 fully saturated rings. The fourth-order valence-electron chi connectivity index (χ4n) is 1.69. The smallest absolute Gasteiger partial charge is 0.125 e. The molecule has 4 heteroatoms. The van der Waals surface area contributed by atoms with Crippen molar-refractivity contribution in [1.29, 1.82) is 0 Å². The van der Waals surface area contributed by atoms with E-state index >= 15 is 0 Å². The Balaban J connectivity index is 2.58. The molecular weight excluding hydrogens is 205 g/mol. The number of nitrogens with two attached hydrogens (primary N) is 1. The molecule has 0 aliphatic carbocycles. The van der Waals surface area contributed by atoms with Gasteiger partial charge in [0.25, 0.3) is 0 Å². The second-order valence-electron chi connectivity index (χ2n) is 3.91. The number of halogens is 1.